The van der Waals surface area contributed by atoms with Crippen molar-refractivity contribution in [2.45, 2.75) is 189 Å². The molecule has 4 aromatic rings. The van der Waals surface area contributed by atoms with Crippen LogP contribution in [0, 0.1) is 35.5 Å². The molecule has 8 heterocycles. The summed E-state index contributed by atoms with van der Waals surface area (Å²) in [5.74, 6) is 0.986. The fourth-order valence-electron chi connectivity index (χ4n) is 21.6. The van der Waals surface area contributed by atoms with Crippen LogP contribution in [0.15, 0.2) is 97.1 Å². The summed E-state index contributed by atoms with van der Waals surface area (Å²) in [7, 11) is -4.17. The van der Waals surface area contributed by atoms with Gasteiger partial charge in [0, 0.05) is 188 Å². The van der Waals surface area contributed by atoms with E-state index in [0.717, 1.165) is 215 Å². The summed E-state index contributed by atoms with van der Waals surface area (Å²) in [6.45, 7) is 35.0. The van der Waals surface area contributed by atoms with E-state index in [-0.39, 0.29) is 34.5 Å². The van der Waals surface area contributed by atoms with E-state index in [0.29, 0.717) is 73.2 Å². The molecule has 6 fully saturated rings. The average Bonchev–Trinajstić information content (AvgIpc) is 1.31. The van der Waals surface area contributed by atoms with Gasteiger partial charge in [0.1, 0.15) is 22.7 Å². The van der Waals surface area contributed by atoms with E-state index in [1.807, 2.05) is 64.5 Å². The number of methoxy groups -OCH3 is 2. The highest BCUT2D eigenvalue weighted by atomic mass is 35.5. The van der Waals surface area contributed by atoms with E-state index >= 15 is 0 Å². The van der Waals surface area contributed by atoms with Crippen LogP contribution in [0.1, 0.15) is 163 Å². The molecule has 0 aromatic heterocycles. The van der Waals surface area contributed by atoms with Gasteiger partial charge in [0.2, 0.25) is 20.0 Å². The maximum Gasteiger partial charge on any atom is 0.264 e. The molecular weight excluding hydrogens is 1490 g/mol. The van der Waals surface area contributed by atoms with Gasteiger partial charge in [-0.3, -0.25) is 39.0 Å². The second kappa shape index (κ2) is 33.2. The molecule has 4 bridgehead atoms. The van der Waals surface area contributed by atoms with E-state index in [2.05, 4.69) is 125 Å². The van der Waals surface area contributed by atoms with Crippen molar-refractivity contribution in [3.8, 4) is 11.5 Å². The van der Waals surface area contributed by atoms with Gasteiger partial charge in [-0.15, -0.1) is 0 Å². The maximum absolute atomic E-state index is 13.7. The topological polar surface area (TPSA) is 189 Å². The Hall–Kier alpha value is -5.34. The number of fused-ring (bicyclic) bond motifs is 10. The Morgan fingerprint density at radius 1 is 0.518 bits per heavy atom. The monoisotopic (exact) mass is 1610 g/mol. The van der Waals surface area contributed by atoms with Gasteiger partial charge in [-0.05, 0) is 237 Å². The lowest BCUT2D eigenvalue weighted by Gasteiger charge is -2.54. The van der Waals surface area contributed by atoms with Crippen molar-refractivity contribution < 1.29 is 45.4 Å². The number of aryl methyl sites for hydroxylation is 2. The smallest absolute Gasteiger partial charge is 0.264 e. The first-order valence-corrected chi connectivity index (χ1v) is 46.0. The highest BCUT2D eigenvalue weighted by molar-refractivity contribution is 7.91. The Morgan fingerprint density at radius 3 is 1.31 bits per heavy atom. The highest BCUT2D eigenvalue weighted by Crippen LogP contribution is 2.53. The van der Waals surface area contributed by atoms with E-state index < -0.39 is 53.6 Å². The molecule has 2 saturated carbocycles. The van der Waals surface area contributed by atoms with Crippen LogP contribution in [0.5, 0.6) is 11.5 Å². The molecule has 0 unspecified atom stereocenters. The van der Waals surface area contributed by atoms with Gasteiger partial charge < -0.3 is 28.7 Å². The number of anilines is 2. The summed E-state index contributed by atoms with van der Waals surface area (Å²) in [4.78, 5) is 48.2. The van der Waals surface area contributed by atoms with Gasteiger partial charge in [-0.25, -0.2) is 26.3 Å². The number of amides is 2. The predicted octanol–water partition coefficient (Wildman–Crippen LogP) is 12.0. The van der Waals surface area contributed by atoms with Crippen molar-refractivity contribution in [2.75, 3.05) is 155 Å². The number of nitrogens with zero attached hydrogens (tertiary/aromatic N) is 8. The molecule has 4 saturated heterocycles. The van der Waals surface area contributed by atoms with Gasteiger partial charge in [0.05, 0.1) is 35.1 Å². The number of benzene rings is 4. The minimum atomic E-state index is -3.96. The first kappa shape index (κ1) is 81.8. The fraction of sp³-hybridized carbons (Fsp3) is 0.659. The number of ether oxygens (including phenoxy) is 4. The van der Waals surface area contributed by atoms with Crippen LogP contribution >= 0.6 is 23.2 Å². The Labute approximate surface area is 678 Å². The summed E-state index contributed by atoms with van der Waals surface area (Å²) in [5.41, 5.74) is 5.84. The molecule has 112 heavy (non-hydrogen) atoms. The van der Waals surface area contributed by atoms with Crippen molar-refractivity contribution in [2.24, 2.45) is 35.5 Å². The summed E-state index contributed by atoms with van der Waals surface area (Å²) in [5, 5.41) is -0.0510. The molecule has 4 aromatic carbocycles. The first-order chi connectivity index (χ1) is 53.6. The molecule has 14 atom stereocenters. The number of halogens is 2. The van der Waals surface area contributed by atoms with Crippen molar-refractivity contribution in [1.82, 2.24) is 38.8 Å². The quantitative estimate of drug-likeness (QED) is 0.158. The lowest BCUT2D eigenvalue weighted by Crippen LogP contribution is -2.65. The second-order valence-electron chi connectivity index (χ2n) is 36.4. The number of piperazine rings is 4. The second-order valence-corrected chi connectivity index (χ2v) is 41.3. The number of allylic oxidation sites excluding steroid dienone is 2. The molecule has 20 nitrogen and oxygen atoms in total. The number of nitrogens with one attached hydrogen (secondary N) is 2. The first-order valence-electron chi connectivity index (χ1n) is 42.2. The summed E-state index contributed by atoms with van der Waals surface area (Å²) < 4.78 is 86.7. The van der Waals surface area contributed by atoms with Crippen LogP contribution in [-0.4, -0.2) is 249 Å². The molecule has 612 valence electrons. The SMILES string of the molecule is CO[C@@]1(CN2CCN3CCN(C(C)C)C[C@@H]3C2)/C=C/C[C@H](C)[C@@H](C)S(=O)(=O)NC(=O)c2ccc3c(c2)N(C[C@@H]2CC[C@H]21)C[C@@]1(CCCc2cc(Cl)ccc21)CO3.CO[C@@]1(CN2CCN3CCN(C(C)C)C[C@H]3C2)/C=C/C[C@H](C)[C@@H](C)S(=O)(=O)NC(=O)c2ccc3c(c2)N(C[C@@H]2CC[C@H]21)C[C@@]1(CCCc2cc(Cl)ccc21)CO3. The van der Waals surface area contributed by atoms with Crippen LogP contribution in [0.3, 0.4) is 0 Å². The summed E-state index contributed by atoms with van der Waals surface area (Å²) in [6.07, 6.45) is 20.3. The van der Waals surface area contributed by atoms with Crippen molar-refractivity contribution in [1.29, 1.82) is 0 Å². The fourth-order valence-corrected chi connectivity index (χ4v) is 24.6. The summed E-state index contributed by atoms with van der Waals surface area (Å²) >= 11 is 13.1. The molecule has 4 aliphatic carbocycles. The molecule has 0 radical (unpaired) electrons. The molecule has 2 N–H and O–H groups in total. The van der Waals surface area contributed by atoms with Crippen LogP contribution in [0.25, 0.3) is 0 Å². The lowest BCUT2D eigenvalue weighted by molar-refractivity contribution is -0.103. The maximum atomic E-state index is 13.7. The van der Waals surface area contributed by atoms with Crippen LogP contribution in [0.4, 0.5) is 11.4 Å². The number of hydrogen-bond acceptors (Lipinski definition) is 18. The third-order valence-electron chi connectivity index (χ3n) is 29.2. The van der Waals surface area contributed by atoms with Gasteiger partial charge in [-0.2, -0.15) is 0 Å². The third kappa shape index (κ3) is 16.6. The van der Waals surface area contributed by atoms with Crippen LogP contribution in [0.2, 0.25) is 10.0 Å². The molecule has 16 rings (SSSR count). The molecule has 12 aliphatic rings. The Balaban J connectivity index is 0.000000177. The van der Waals surface area contributed by atoms with Gasteiger partial charge in [-0.1, -0.05) is 73.5 Å². The van der Waals surface area contributed by atoms with Gasteiger partial charge >= 0.3 is 0 Å². The molecular formula is C88H124Cl2N10O10S2. The zero-order chi connectivity index (χ0) is 78.8. The van der Waals surface area contributed by atoms with E-state index in [1.165, 1.54) is 22.3 Å². The Bertz CT molecular complexity index is 4130. The number of carbonyl (C=O) groups excluding carboxylic acids is 2. The van der Waals surface area contributed by atoms with Crippen LogP contribution in [-0.2, 0) is 53.2 Å². The molecule has 2 amide bonds. The van der Waals surface area contributed by atoms with E-state index in [1.54, 1.807) is 26.0 Å². The Kier molecular flexibility index (Phi) is 24.3. The predicted molar refractivity (Wildman–Crippen MR) is 447 cm³/mol. The minimum absolute atomic E-state index is 0.218. The van der Waals surface area contributed by atoms with E-state index in [4.69, 9.17) is 42.1 Å². The van der Waals surface area contributed by atoms with Gasteiger partial charge in [0.15, 0.2) is 0 Å². The average molecular weight is 1620 g/mol. The third-order valence-corrected chi connectivity index (χ3v) is 33.5. The van der Waals surface area contributed by atoms with E-state index in [9.17, 15) is 26.4 Å². The zero-order valence-electron chi connectivity index (χ0n) is 68.0. The lowest BCUT2D eigenvalue weighted by atomic mass is 9.63. The van der Waals surface area contributed by atoms with Crippen molar-refractivity contribution >= 4 is 66.4 Å². The number of hydrogen-bond donors (Lipinski definition) is 2. The van der Waals surface area contributed by atoms with Crippen molar-refractivity contribution in [3.63, 3.8) is 0 Å². The zero-order valence-corrected chi connectivity index (χ0v) is 71.2. The number of sulfonamides is 2. The number of carbonyl (C=O) groups is 2. The van der Waals surface area contributed by atoms with Crippen molar-refractivity contribution in [3.05, 3.63) is 141 Å². The molecule has 8 aliphatic heterocycles. The standard InChI is InChI=1S/2C44H62ClN5O5S/c2*1-30(2)49-21-20-48-19-18-47(25-37(48)26-49)28-44(54-5)17-6-8-31(3)32(4)56(52,53)46-42(51)34-11-15-41-40(23-34)50(24-35-10-13-39(35)44)27-43(29-55-41)16-7-9-33-22-36(45)12-14-38(33)43/h2*6,11-12,14-15,17,22-23,30-32,35,37,39H,7-10,13,16,18-21,24-29H2,1-5H3,(H,46,51)/b2*17-6+/t31-,32+,35-,37+,39+,43-,44+;31-,32+,35-,37-,39+,43-,44+/m00/s1. The Morgan fingerprint density at radius 2 is 0.929 bits per heavy atom. The van der Waals surface area contributed by atoms with Crippen LogP contribution < -0.4 is 28.7 Å². The number of rotatable bonds is 8. The normalized spacial score (nSPS) is 34.7. The highest BCUT2D eigenvalue weighted by Gasteiger charge is 2.54. The molecule has 2 spiro atoms. The van der Waals surface area contributed by atoms with Gasteiger partial charge in [0.25, 0.3) is 11.8 Å². The largest absolute Gasteiger partial charge is 0.490 e. The molecule has 24 heteroatoms. The minimum Gasteiger partial charge on any atom is -0.490 e. The summed E-state index contributed by atoms with van der Waals surface area (Å²) in [6, 6.07) is 25.5.